The zero-order valence-corrected chi connectivity index (χ0v) is 12.9. The van der Waals surface area contributed by atoms with E-state index in [1.165, 1.54) is 6.07 Å². The lowest BCUT2D eigenvalue weighted by atomic mass is 10.1. The van der Waals surface area contributed by atoms with Gasteiger partial charge in [-0.25, -0.2) is 4.98 Å². The number of nitro groups is 1. The van der Waals surface area contributed by atoms with Crippen molar-refractivity contribution in [1.82, 2.24) is 14.8 Å². The van der Waals surface area contributed by atoms with E-state index < -0.39 is 4.92 Å². The molecule has 1 aliphatic rings. The predicted octanol–water partition coefficient (Wildman–Crippen LogP) is 1.67. The highest BCUT2D eigenvalue weighted by Gasteiger charge is 2.35. The summed E-state index contributed by atoms with van der Waals surface area (Å²) < 4.78 is 0. The normalized spacial score (nSPS) is 21.9. The van der Waals surface area contributed by atoms with Gasteiger partial charge in [0, 0.05) is 25.2 Å². The van der Waals surface area contributed by atoms with E-state index in [4.69, 9.17) is 11.6 Å². The summed E-state index contributed by atoms with van der Waals surface area (Å²) in [6.45, 7) is 3.25. The Bertz CT molecular complexity index is 579. The Morgan fingerprint density at radius 2 is 2.19 bits per heavy atom. The van der Waals surface area contributed by atoms with Crippen molar-refractivity contribution in [2.45, 2.75) is 13.0 Å². The highest BCUT2D eigenvalue weighted by molar-refractivity contribution is 6.32. The Hall–Kier alpha value is -1.73. The highest BCUT2D eigenvalue weighted by atomic mass is 35.5. The molecule has 1 amide bonds. The fourth-order valence-electron chi connectivity index (χ4n) is 2.64. The minimum Gasteiger partial charge on any atom is -0.337 e. The summed E-state index contributed by atoms with van der Waals surface area (Å²) in [4.78, 5) is 30.2. The lowest BCUT2D eigenvalue weighted by Gasteiger charge is -2.22. The largest absolute Gasteiger partial charge is 0.337 e. The van der Waals surface area contributed by atoms with Crippen LogP contribution in [-0.2, 0) is 0 Å². The van der Waals surface area contributed by atoms with Gasteiger partial charge >= 0.3 is 0 Å². The third-order valence-electron chi connectivity index (χ3n) is 3.79. The minimum absolute atomic E-state index is 0.00782. The molecule has 1 aromatic rings. The molecule has 0 aromatic carbocycles. The molecule has 0 bridgehead atoms. The average Bonchev–Trinajstić information content (AvgIpc) is 2.80. The maximum absolute atomic E-state index is 12.5. The Morgan fingerprint density at radius 3 is 2.71 bits per heavy atom. The molecule has 2 unspecified atom stereocenters. The topological polar surface area (TPSA) is 79.6 Å². The van der Waals surface area contributed by atoms with Crippen molar-refractivity contribution in [3.8, 4) is 0 Å². The molecule has 2 rings (SSSR count). The first-order valence-electron chi connectivity index (χ1n) is 6.57. The van der Waals surface area contributed by atoms with Gasteiger partial charge in [0.25, 0.3) is 11.6 Å². The van der Waals surface area contributed by atoms with Crippen LogP contribution in [-0.4, -0.2) is 58.8 Å². The highest BCUT2D eigenvalue weighted by Crippen LogP contribution is 2.25. The van der Waals surface area contributed by atoms with Crippen molar-refractivity contribution in [2.24, 2.45) is 5.92 Å². The molecule has 1 fully saturated rings. The van der Waals surface area contributed by atoms with Crippen molar-refractivity contribution < 1.29 is 9.72 Å². The standard InChI is InChI=1S/C13H17ClN4O3/c1-8-6-17(7-11(8)16(2)3)13(19)10-4-9(18(20)21)5-15-12(10)14/h4-5,8,11H,6-7H2,1-3H3. The quantitative estimate of drug-likeness (QED) is 0.482. The summed E-state index contributed by atoms with van der Waals surface area (Å²) in [5.74, 6) is 0.0155. The number of hydrogen-bond donors (Lipinski definition) is 0. The fourth-order valence-corrected chi connectivity index (χ4v) is 2.83. The van der Waals surface area contributed by atoms with Gasteiger partial charge in [-0.1, -0.05) is 18.5 Å². The summed E-state index contributed by atoms with van der Waals surface area (Å²) in [5.41, 5.74) is -0.156. The molecule has 7 nitrogen and oxygen atoms in total. The van der Waals surface area contributed by atoms with Crippen LogP contribution in [0.3, 0.4) is 0 Å². The van der Waals surface area contributed by atoms with Crippen LogP contribution in [0.25, 0.3) is 0 Å². The van der Waals surface area contributed by atoms with E-state index in [2.05, 4.69) is 16.8 Å². The number of likely N-dealkylation sites (tertiary alicyclic amines) is 1. The third-order valence-corrected chi connectivity index (χ3v) is 4.09. The number of aromatic nitrogens is 1. The molecular weight excluding hydrogens is 296 g/mol. The van der Waals surface area contributed by atoms with Gasteiger partial charge in [0.05, 0.1) is 10.5 Å². The van der Waals surface area contributed by atoms with Crippen LogP contribution in [0.4, 0.5) is 5.69 Å². The average molecular weight is 313 g/mol. The Kier molecular flexibility index (Phi) is 4.43. The summed E-state index contributed by atoms with van der Waals surface area (Å²) in [6, 6.07) is 1.45. The van der Waals surface area contributed by atoms with Gasteiger partial charge in [0.2, 0.25) is 0 Å². The molecule has 1 aromatic heterocycles. The number of carbonyl (C=O) groups is 1. The smallest absolute Gasteiger partial charge is 0.288 e. The van der Waals surface area contributed by atoms with Crippen LogP contribution >= 0.6 is 11.6 Å². The second-order valence-corrected chi connectivity index (χ2v) is 5.87. The number of pyridine rings is 1. The van der Waals surface area contributed by atoms with Crippen LogP contribution in [0, 0.1) is 16.0 Å². The van der Waals surface area contributed by atoms with E-state index >= 15 is 0 Å². The number of rotatable bonds is 3. The number of carbonyl (C=O) groups excluding carboxylic acids is 1. The molecule has 8 heteroatoms. The number of hydrogen-bond acceptors (Lipinski definition) is 5. The zero-order chi connectivity index (χ0) is 15.7. The number of likely N-dealkylation sites (N-methyl/N-ethyl adjacent to an activating group) is 1. The van der Waals surface area contributed by atoms with Crippen molar-refractivity contribution >= 4 is 23.2 Å². The monoisotopic (exact) mass is 312 g/mol. The van der Waals surface area contributed by atoms with Gasteiger partial charge in [0.15, 0.2) is 0 Å². The van der Waals surface area contributed by atoms with Gasteiger partial charge in [-0.15, -0.1) is 0 Å². The molecule has 0 radical (unpaired) electrons. The second kappa shape index (κ2) is 5.95. The van der Waals surface area contributed by atoms with E-state index in [9.17, 15) is 14.9 Å². The van der Waals surface area contributed by atoms with E-state index in [0.717, 1.165) is 6.20 Å². The lowest BCUT2D eigenvalue weighted by molar-refractivity contribution is -0.385. The van der Waals surface area contributed by atoms with Gasteiger partial charge in [-0.05, 0) is 20.0 Å². The van der Waals surface area contributed by atoms with Gasteiger partial charge < -0.3 is 9.80 Å². The second-order valence-electron chi connectivity index (χ2n) is 5.51. The van der Waals surface area contributed by atoms with E-state index in [1.807, 2.05) is 14.1 Å². The summed E-state index contributed by atoms with van der Waals surface area (Å²) >= 11 is 5.92. The molecule has 0 saturated carbocycles. The zero-order valence-electron chi connectivity index (χ0n) is 12.1. The molecule has 1 aliphatic heterocycles. The van der Waals surface area contributed by atoms with Crippen molar-refractivity contribution in [1.29, 1.82) is 0 Å². The molecule has 114 valence electrons. The van der Waals surface area contributed by atoms with Gasteiger partial charge in [-0.3, -0.25) is 14.9 Å². The van der Waals surface area contributed by atoms with Gasteiger partial charge in [-0.2, -0.15) is 0 Å². The Labute approximate surface area is 127 Å². The molecule has 1 saturated heterocycles. The van der Waals surface area contributed by atoms with Crippen LogP contribution in [0.1, 0.15) is 17.3 Å². The number of nitrogens with zero attached hydrogens (tertiary/aromatic N) is 4. The van der Waals surface area contributed by atoms with Gasteiger partial charge in [0.1, 0.15) is 11.3 Å². The van der Waals surface area contributed by atoms with Crippen molar-refractivity contribution in [3.05, 3.63) is 33.1 Å². The lowest BCUT2D eigenvalue weighted by Crippen LogP contribution is -2.35. The summed E-state index contributed by atoms with van der Waals surface area (Å²) in [6.07, 6.45) is 1.05. The minimum atomic E-state index is -0.588. The van der Waals surface area contributed by atoms with E-state index in [-0.39, 0.29) is 28.4 Å². The first-order valence-corrected chi connectivity index (χ1v) is 6.94. The van der Waals surface area contributed by atoms with Crippen LogP contribution in [0.2, 0.25) is 5.15 Å². The first kappa shape index (κ1) is 15.7. The molecular formula is C13H17ClN4O3. The molecule has 2 atom stereocenters. The van der Waals surface area contributed by atoms with E-state index in [1.54, 1.807) is 4.90 Å². The van der Waals surface area contributed by atoms with E-state index in [0.29, 0.717) is 19.0 Å². The van der Waals surface area contributed by atoms with Crippen molar-refractivity contribution in [3.63, 3.8) is 0 Å². The molecule has 2 heterocycles. The van der Waals surface area contributed by atoms with Crippen molar-refractivity contribution in [2.75, 3.05) is 27.2 Å². The number of halogens is 1. The Morgan fingerprint density at radius 1 is 1.52 bits per heavy atom. The molecule has 0 aliphatic carbocycles. The van der Waals surface area contributed by atoms with Crippen LogP contribution in [0.5, 0.6) is 0 Å². The fraction of sp³-hybridized carbons (Fsp3) is 0.538. The summed E-state index contributed by atoms with van der Waals surface area (Å²) in [7, 11) is 3.94. The maximum Gasteiger partial charge on any atom is 0.288 e. The van der Waals surface area contributed by atoms with Crippen LogP contribution in [0.15, 0.2) is 12.3 Å². The first-order chi connectivity index (χ1) is 9.81. The third kappa shape index (κ3) is 3.14. The maximum atomic E-state index is 12.5. The Balaban J connectivity index is 2.25. The number of amides is 1. The molecule has 0 spiro atoms. The molecule has 0 N–H and O–H groups in total. The molecule has 21 heavy (non-hydrogen) atoms. The summed E-state index contributed by atoms with van der Waals surface area (Å²) in [5, 5.41) is 10.8. The van der Waals surface area contributed by atoms with Crippen LogP contribution < -0.4 is 0 Å². The SMILES string of the molecule is CC1CN(C(=O)c2cc([N+](=O)[O-])cnc2Cl)CC1N(C)C. The predicted molar refractivity (Wildman–Crippen MR) is 78.4 cm³/mol.